The number of ether oxygens (including phenoxy) is 2. The Morgan fingerprint density at radius 1 is 1.43 bits per heavy atom. The standard InChI is InChI=1S/C8H17NO5/c1-2-13-7-4(3-10)14-8(12)5(9)6(7)11/h4-8,10-12H,2-3,9H2,1H3. The summed E-state index contributed by atoms with van der Waals surface area (Å²) in [6, 6.07) is -0.908. The summed E-state index contributed by atoms with van der Waals surface area (Å²) in [5.41, 5.74) is 5.47. The van der Waals surface area contributed by atoms with Crippen LogP contribution in [0.4, 0.5) is 0 Å². The lowest BCUT2D eigenvalue weighted by molar-refractivity contribution is -0.257. The van der Waals surface area contributed by atoms with E-state index in [4.69, 9.17) is 20.3 Å². The van der Waals surface area contributed by atoms with E-state index in [1.165, 1.54) is 0 Å². The normalized spacial score (nSPS) is 43.9. The van der Waals surface area contributed by atoms with Crippen LogP contribution in [0.5, 0.6) is 0 Å². The first kappa shape index (κ1) is 11.8. The fraction of sp³-hybridized carbons (Fsp3) is 1.00. The third-order valence-corrected chi connectivity index (χ3v) is 2.28. The Kier molecular flexibility index (Phi) is 4.24. The molecule has 6 heteroatoms. The lowest BCUT2D eigenvalue weighted by Gasteiger charge is -2.40. The predicted octanol–water partition coefficient (Wildman–Crippen LogP) is -2.21. The van der Waals surface area contributed by atoms with Crippen molar-refractivity contribution in [3.63, 3.8) is 0 Å². The quantitative estimate of drug-likeness (QED) is 0.418. The van der Waals surface area contributed by atoms with E-state index in [0.29, 0.717) is 6.61 Å². The molecule has 1 aliphatic rings. The van der Waals surface area contributed by atoms with Crippen LogP contribution >= 0.6 is 0 Å². The molecule has 5 atom stereocenters. The van der Waals surface area contributed by atoms with E-state index in [9.17, 15) is 10.2 Å². The molecule has 1 fully saturated rings. The summed E-state index contributed by atoms with van der Waals surface area (Å²) in [7, 11) is 0. The molecule has 0 aliphatic carbocycles. The maximum Gasteiger partial charge on any atom is 0.173 e. The molecule has 0 aromatic carbocycles. The van der Waals surface area contributed by atoms with Gasteiger partial charge in [0.15, 0.2) is 6.29 Å². The van der Waals surface area contributed by atoms with E-state index in [2.05, 4.69) is 0 Å². The Morgan fingerprint density at radius 3 is 2.57 bits per heavy atom. The second kappa shape index (κ2) is 5.01. The molecule has 1 aliphatic heterocycles. The molecule has 0 aromatic rings. The molecular formula is C8H17NO5. The van der Waals surface area contributed by atoms with Crippen molar-refractivity contribution in [3.8, 4) is 0 Å². The molecule has 0 bridgehead atoms. The van der Waals surface area contributed by atoms with Gasteiger partial charge in [-0.05, 0) is 6.92 Å². The minimum absolute atomic E-state index is 0.328. The van der Waals surface area contributed by atoms with Gasteiger partial charge in [0.2, 0.25) is 0 Å². The first-order valence-electron chi connectivity index (χ1n) is 4.61. The van der Waals surface area contributed by atoms with Gasteiger partial charge in [0.1, 0.15) is 18.3 Å². The van der Waals surface area contributed by atoms with Crippen LogP contribution in [-0.4, -0.2) is 59.2 Å². The van der Waals surface area contributed by atoms with Gasteiger partial charge in [-0.1, -0.05) is 0 Å². The molecule has 0 aromatic heterocycles. The zero-order valence-electron chi connectivity index (χ0n) is 8.04. The van der Waals surface area contributed by atoms with Crippen molar-refractivity contribution in [2.24, 2.45) is 5.73 Å². The molecule has 1 heterocycles. The molecule has 0 spiro atoms. The summed E-state index contributed by atoms with van der Waals surface area (Å²) < 4.78 is 10.2. The molecule has 14 heavy (non-hydrogen) atoms. The van der Waals surface area contributed by atoms with Crippen LogP contribution in [0.1, 0.15) is 6.92 Å². The Hall–Kier alpha value is -0.240. The van der Waals surface area contributed by atoms with E-state index in [1.54, 1.807) is 6.92 Å². The van der Waals surface area contributed by atoms with Gasteiger partial charge in [0, 0.05) is 6.61 Å². The van der Waals surface area contributed by atoms with E-state index in [1.807, 2.05) is 0 Å². The van der Waals surface area contributed by atoms with Crippen molar-refractivity contribution in [1.29, 1.82) is 0 Å². The Balaban J connectivity index is 2.67. The first-order chi connectivity index (χ1) is 6.61. The van der Waals surface area contributed by atoms with E-state index >= 15 is 0 Å². The van der Waals surface area contributed by atoms with Crippen molar-refractivity contribution in [2.75, 3.05) is 13.2 Å². The van der Waals surface area contributed by atoms with Crippen LogP contribution in [0.2, 0.25) is 0 Å². The highest BCUT2D eigenvalue weighted by Gasteiger charge is 2.43. The van der Waals surface area contributed by atoms with Gasteiger partial charge in [-0.3, -0.25) is 0 Å². The molecule has 6 nitrogen and oxygen atoms in total. The van der Waals surface area contributed by atoms with Crippen LogP contribution in [0.3, 0.4) is 0 Å². The Bertz CT molecular complexity index is 177. The van der Waals surface area contributed by atoms with Crippen LogP contribution < -0.4 is 5.73 Å². The van der Waals surface area contributed by atoms with Crippen LogP contribution in [0, 0.1) is 0 Å². The van der Waals surface area contributed by atoms with Crippen LogP contribution in [0.25, 0.3) is 0 Å². The second-order valence-electron chi connectivity index (χ2n) is 3.24. The van der Waals surface area contributed by atoms with Crippen LogP contribution in [0.15, 0.2) is 0 Å². The highest BCUT2D eigenvalue weighted by atomic mass is 16.6. The first-order valence-corrected chi connectivity index (χ1v) is 4.61. The number of hydrogen-bond acceptors (Lipinski definition) is 6. The van der Waals surface area contributed by atoms with Gasteiger partial charge in [-0.25, -0.2) is 0 Å². The molecule has 5 unspecified atom stereocenters. The average Bonchev–Trinajstić information content (AvgIpc) is 2.19. The monoisotopic (exact) mass is 207 g/mol. The third-order valence-electron chi connectivity index (χ3n) is 2.28. The smallest absolute Gasteiger partial charge is 0.173 e. The molecule has 84 valence electrons. The molecule has 0 radical (unpaired) electrons. The summed E-state index contributed by atoms with van der Waals surface area (Å²) in [6.07, 6.45) is -3.72. The lowest BCUT2D eigenvalue weighted by atomic mass is 9.98. The number of rotatable bonds is 3. The van der Waals surface area contributed by atoms with Crippen molar-refractivity contribution in [2.45, 2.75) is 37.6 Å². The molecular weight excluding hydrogens is 190 g/mol. The van der Waals surface area contributed by atoms with Crippen molar-refractivity contribution in [1.82, 2.24) is 0 Å². The molecule has 5 N–H and O–H groups in total. The van der Waals surface area contributed by atoms with Crippen molar-refractivity contribution >= 4 is 0 Å². The highest BCUT2D eigenvalue weighted by Crippen LogP contribution is 2.20. The summed E-state index contributed by atoms with van der Waals surface area (Å²) in [4.78, 5) is 0. The summed E-state index contributed by atoms with van der Waals surface area (Å²) in [5.74, 6) is 0. The minimum atomic E-state index is -1.26. The summed E-state index contributed by atoms with van der Waals surface area (Å²) in [5, 5.41) is 27.8. The van der Waals surface area contributed by atoms with Gasteiger partial charge in [0.25, 0.3) is 0 Å². The Morgan fingerprint density at radius 2 is 2.07 bits per heavy atom. The van der Waals surface area contributed by atoms with Gasteiger partial charge in [0.05, 0.1) is 12.6 Å². The number of hydrogen-bond donors (Lipinski definition) is 4. The zero-order valence-corrected chi connectivity index (χ0v) is 8.04. The van der Waals surface area contributed by atoms with Crippen LogP contribution in [-0.2, 0) is 9.47 Å². The fourth-order valence-corrected chi connectivity index (χ4v) is 1.50. The number of aliphatic hydroxyl groups excluding tert-OH is 3. The van der Waals surface area contributed by atoms with Crippen molar-refractivity contribution in [3.05, 3.63) is 0 Å². The molecule has 1 saturated heterocycles. The summed E-state index contributed by atoms with van der Waals surface area (Å²) >= 11 is 0. The van der Waals surface area contributed by atoms with Gasteiger partial charge < -0.3 is 30.5 Å². The largest absolute Gasteiger partial charge is 0.394 e. The SMILES string of the molecule is CCOC1C(CO)OC(O)C(N)C1O. The van der Waals surface area contributed by atoms with Gasteiger partial charge in [-0.2, -0.15) is 0 Å². The molecule has 1 rings (SSSR count). The zero-order chi connectivity index (χ0) is 10.7. The molecule has 0 amide bonds. The third kappa shape index (κ3) is 2.22. The van der Waals surface area contributed by atoms with E-state index < -0.39 is 30.6 Å². The maximum absolute atomic E-state index is 9.64. The highest BCUT2D eigenvalue weighted by molar-refractivity contribution is 4.91. The topological polar surface area (TPSA) is 105 Å². The number of nitrogens with two attached hydrogens (primary N) is 1. The fourth-order valence-electron chi connectivity index (χ4n) is 1.50. The maximum atomic E-state index is 9.64. The minimum Gasteiger partial charge on any atom is -0.394 e. The number of aliphatic hydroxyl groups is 3. The summed E-state index contributed by atoms with van der Waals surface area (Å²) in [6.45, 7) is 1.81. The van der Waals surface area contributed by atoms with Gasteiger partial charge >= 0.3 is 0 Å². The Labute approximate surface area is 82.2 Å². The average molecular weight is 207 g/mol. The second-order valence-corrected chi connectivity index (χ2v) is 3.24. The molecule has 0 saturated carbocycles. The lowest BCUT2D eigenvalue weighted by Crippen LogP contribution is -2.62. The van der Waals surface area contributed by atoms with Gasteiger partial charge in [-0.15, -0.1) is 0 Å². The van der Waals surface area contributed by atoms with E-state index in [0.717, 1.165) is 0 Å². The van der Waals surface area contributed by atoms with E-state index in [-0.39, 0.29) is 6.61 Å². The van der Waals surface area contributed by atoms with Crippen molar-refractivity contribution < 1.29 is 24.8 Å². The predicted molar refractivity (Wildman–Crippen MR) is 47.4 cm³/mol.